The third kappa shape index (κ3) is 3.08. The molecular weight excluding hydrogens is 188 g/mol. The molecule has 1 N–H and O–H groups in total. The Morgan fingerprint density at radius 1 is 1.40 bits per heavy atom. The number of hydrogen-bond acceptors (Lipinski definition) is 1. The van der Waals surface area contributed by atoms with Crippen LogP contribution in [0, 0.1) is 19.8 Å². The van der Waals surface area contributed by atoms with Gasteiger partial charge in [-0.05, 0) is 37.8 Å². The molecule has 2 nitrogen and oxygen atoms in total. The van der Waals surface area contributed by atoms with E-state index in [1.165, 1.54) is 11.1 Å². The molecule has 0 saturated heterocycles. The lowest BCUT2D eigenvalue weighted by molar-refractivity contribution is -0.141. The molecule has 0 aliphatic carbocycles. The molecule has 0 saturated carbocycles. The molecule has 1 atom stereocenters. The van der Waals surface area contributed by atoms with Crippen LogP contribution in [0.4, 0.5) is 0 Å². The Hall–Kier alpha value is -1.31. The number of carbonyl (C=O) groups is 1. The van der Waals surface area contributed by atoms with Crippen LogP contribution in [-0.4, -0.2) is 11.1 Å². The average Bonchev–Trinajstić information content (AvgIpc) is 2.18. The topological polar surface area (TPSA) is 37.3 Å². The molecule has 15 heavy (non-hydrogen) atoms. The van der Waals surface area contributed by atoms with Gasteiger partial charge in [-0.15, -0.1) is 0 Å². The van der Waals surface area contributed by atoms with Crippen LogP contribution in [0.5, 0.6) is 0 Å². The second kappa shape index (κ2) is 4.96. The van der Waals surface area contributed by atoms with Crippen molar-refractivity contribution in [3.8, 4) is 0 Å². The van der Waals surface area contributed by atoms with Crippen molar-refractivity contribution in [1.82, 2.24) is 0 Å². The first-order valence-electron chi connectivity index (χ1n) is 5.33. The van der Waals surface area contributed by atoms with Gasteiger partial charge in [0.1, 0.15) is 0 Å². The normalized spacial score (nSPS) is 12.5. The summed E-state index contributed by atoms with van der Waals surface area (Å²) in [4.78, 5) is 10.9. The molecule has 0 amide bonds. The van der Waals surface area contributed by atoms with Gasteiger partial charge in [-0.2, -0.15) is 0 Å². The Morgan fingerprint density at radius 3 is 2.60 bits per heavy atom. The van der Waals surface area contributed by atoms with Crippen LogP contribution < -0.4 is 0 Å². The quantitative estimate of drug-likeness (QED) is 0.822. The van der Waals surface area contributed by atoms with Crippen molar-refractivity contribution in [2.75, 3.05) is 0 Å². The van der Waals surface area contributed by atoms with Crippen molar-refractivity contribution in [1.29, 1.82) is 0 Å². The summed E-state index contributed by atoms with van der Waals surface area (Å²) in [6, 6.07) is 6.20. The number of rotatable bonds is 4. The molecule has 1 unspecified atom stereocenters. The Labute approximate surface area is 90.9 Å². The number of carboxylic acids is 1. The first-order chi connectivity index (χ1) is 7.04. The second-order valence-electron chi connectivity index (χ2n) is 4.08. The molecule has 1 rings (SSSR count). The second-order valence-corrected chi connectivity index (χ2v) is 4.08. The van der Waals surface area contributed by atoms with Crippen molar-refractivity contribution < 1.29 is 9.90 Å². The lowest BCUT2D eigenvalue weighted by Crippen LogP contribution is -2.15. The van der Waals surface area contributed by atoms with E-state index in [4.69, 9.17) is 5.11 Å². The van der Waals surface area contributed by atoms with E-state index in [0.717, 1.165) is 5.56 Å². The number of benzene rings is 1. The third-order valence-corrected chi connectivity index (χ3v) is 2.81. The Bertz CT molecular complexity index is 356. The fraction of sp³-hybridized carbons (Fsp3) is 0.462. The zero-order valence-corrected chi connectivity index (χ0v) is 9.58. The summed E-state index contributed by atoms with van der Waals surface area (Å²) >= 11 is 0. The van der Waals surface area contributed by atoms with Gasteiger partial charge < -0.3 is 5.11 Å². The fourth-order valence-electron chi connectivity index (χ4n) is 1.69. The summed E-state index contributed by atoms with van der Waals surface area (Å²) in [7, 11) is 0. The van der Waals surface area contributed by atoms with Crippen molar-refractivity contribution in [3.63, 3.8) is 0 Å². The van der Waals surface area contributed by atoms with E-state index in [9.17, 15) is 4.79 Å². The van der Waals surface area contributed by atoms with Gasteiger partial charge in [0.2, 0.25) is 0 Å². The van der Waals surface area contributed by atoms with Crippen LogP contribution in [-0.2, 0) is 11.2 Å². The van der Waals surface area contributed by atoms with Crippen molar-refractivity contribution >= 4 is 5.97 Å². The number of aliphatic carboxylic acids is 1. The highest BCUT2D eigenvalue weighted by atomic mass is 16.4. The van der Waals surface area contributed by atoms with Gasteiger partial charge >= 0.3 is 5.97 Å². The predicted octanol–water partition coefficient (Wildman–Crippen LogP) is 2.96. The van der Waals surface area contributed by atoms with Crippen LogP contribution in [0.2, 0.25) is 0 Å². The third-order valence-electron chi connectivity index (χ3n) is 2.81. The molecular formula is C13H18O2. The van der Waals surface area contributed by atoms with E-state index in [1.807, 2.05) is 20.8 Å². The predicted molar refractivity (Wildman–Crippen MR) is 61.0 cm³/mol. The van der Waals surface area contributed by atoms with E-state index in [0.29, 0.717) is 12.8 Å². The summed E-state index contributed by atoms with van der Waals surface area (Å²) in [5.41, 5.74) is 3.53. The number of aryl methyl sites for hydroxylation is 2. The van der Waals surface area contributed by atoms with Gasteiger partial charge in [0.25, 0.3) is 0 Å². The van der Waals surface area contributed by atoms with Gasteiger partial charge in [-0.25, -0.2) is 0 Å². The molecule has 0 bridgehead atoms. The van der Waals surface area contributed by atoms with Gasteiger partial charge in [0.05, 0.1) is 5.92 Å². The maximum absolute atomic E-state index is 10.9. The van der Waals surface area contributed by atoms with Gasteiger partial charge in [-0.3, -0.25) is 4.79 Å². The zero-order valence-electron chi connectivity index (χ0n) is 9.58. The minimum atomic E-state index is -0.696. The maximum Gasteiger partial charge on any atom is 0.306 e. The first kappa shape index (κ1) is 11.8. The van der Waals surface area contributed by atoms with Crippen molar-refractivity contribution in [2.45, 2.75) is 33.6 Å². The Kier molecular flexibility index (Phi) is 3.89. The Balaban J connectivity index is 2.87. The molecule has 0 heterocycles. The smallest absolute Gasteiger partial charge is 0.306 e. The summed E-state index contributed by atoms with van der Waals surface area (Å²) < 4.78 is 0. The lowest BCUT2D eigenvalue weighted by Gasteiger charge is -2.12. The minimum absolute atomic E-state index is 0.259. The minimum Gasteiger partial charge on any atom is -0.481 e. The standard InChI is InChI=1S/C13H18O2/c1-4-11(13(14)15)8-12-7-9(2)5-6-10(12)3/h5-7,11H,4,8H2,1-3H3,(H,14,15). The lowest BCUT2D eigenvalue weighted by atomic mass is 9.93. The molecule has 0 radical (unpaired) electrons. The van der Waals surface area contributed by atoms with E-state index in [-0.39, 0.29) is 5.92 Å². The highest BCUT2D eigenvalue weighted by Gasteiger charge is 2.16. The van der Waals surface area contributed by atoms with E-state index < -0.39 is 5.97 Å². The van der Waals surface area contributed by atoms with Crippen LogP contribution in [0.1, 0.15) is 30.0 Å². The average molecular weight is 206 g/mol. The van der Waals surface area contributed by atoms with E-state index in [1.54, 1.807) is 0 Å². The summed E-state index contributed by atoms with van der Waals surface area (Å²) in [5, 5.41) is 8.99. The molecule has 82 valence electrons. The van der Waals surface area contributed by atoms with Gasteiger partial charge in [-0.1, -0.05) is 30.7 Å². The van der Waals surface area contributed by atoms with Gasteiger partial charge in [0, 0.05) is 0 Å². The fourth-order valence-corrected chi connectivity index (χ4v) is 1.69. The molecule has 0 aromatic heterocycles. The summed E-state index contributed by atoms with van der Waals surface area (Å²) in [5.74, 6) is -0.955. The molecule has 1 aromatic rings. The molecule has 0 aliphatic heterocycles. The highest BCUT2D eigenvalue weighted by Crippen LogP contribution is 2.17. The van der Waals surface area contributed by atoms with Crippen LogP contribution in [0.15, 0.2) is 18.2 Å². The van der Waals surface area contributed by atoms with Crippen LogP contribution in [0.25, 0.3) is 0 Å². The SMILES string of the molecule is CCC(Cc1cc(C)ccc1C)C(=O)O. The van der Waals surface area contributed by atoms with Crippen LogP contribution >= 0.6 is 0 Å². The summed E-state index contributed by atoms with van der Waals surface area (Å²) in [6.45, 7) is 5.98. The van der Waals surface area contributed by atoms with Crippen molar-refractivity contribution in [3.05, 3.63) is 34.9 Å². The molecule has 0 fully saturated rings. The van der Waals surface area contributed by atoms with E-state index >= 15 is 0 Å². The van der Waals surface area contributed by atoms with E-state index in [2.05, 4.69) is 18.2 Å². The van der Waals surface area contributed by atoms with Crippen LogP contribution in [0.3, 0.4) is 0 Å². The zero-order chi connectivity index (χ0) is 11.4. The highest BCUT2D eigenvalue weighted by molar-refractivity contribution is 5.70. The number of hydrogen-bond donors (Lipinski definition) is 1. The largest absolute Gasteiger partial charge is 0.481 e. The monoisotopic (exact) mass is 206 g/mol. The molecule has 0 aliphatic rings. The maximum atomic E-state index is 10.9. The molecule has 2 heteroatoms. The van der Waals surface area contributed by atoms with Crippen molar-refractivity contribution in [2.24, 2.45) is 5.92 Å². The molecule has 0 spiro atoms. The van der Waals surface area contributed by atoms with Gasteiger partial charge in [0.15, 0.2) is 0 Å². The first-order valence-corrected chi connectivity index (χ1v) is 5.33. The number of carboxylic acid groups (broad SMARTS) is 1. The summed E-state index contributed by atoms with van der Waals surface area (Å²) in [6.07, 6.45) is 1.32. The Morgan fingerprint density at radius 2 is 2.07 bits per heavy atom. The molecule has 1 aromatic carbocycles.